The maximum atomic E-state index is 12.1. The predicted molar refractivity (Wildman–Crippen MR) is 89.2 cm³/mol. The molecule has 1 atom stereocenters. The lowest BCUT2D eigenvalue weighted by Crippen LogP contribution is -2.25. The fourth-order valence-electron chi connectivity index (χ4n) is 3.76. The van der Waals surface area contributed by atoms with Gasteiger partial charge in [-0.25, -0.2) is 0 Å². The van der Waals surface area contributed by atoms with Crippen LogP contribution in [0.1, 0.15) is 50.1 Å². The summed E-state index contributed by atoms with van der Waals surface area (Å²) in [5.74, 6) is -0.0228. The quantitative estimate of drug-likeness (QED) is 0.795. The molecular formula is C19H25NO2. The van der Waals surface area contributed by atoms with E-state index in [1.165, 1.54) is 27.7 Å². The second-order valence-electron chi connectivity index (χ2n) is 6.60. The number of fused-ring (bicyclic) bond motifs is 3. The molecule has 1 aromatic carbocycles. The van der Waals surface area contributed by atoms with E-state index in [1.807, 2.05) is 6.92 Å². The van der Waals surface area contributed by atoms with Gasteiger partial charge in [-0.3, -0.25) is 4.79 Å². The van der Waals surface area contributed by atoms with Crippen molar-refractivity contribution in [3.05, 3.63) is 35.0 Å². The molecular weight excluding hydrogens is 274 g/mol. The summed E-state index contributed by atoms with van der Waals surface area (Å²) in [5, 5.41) is 1.32. The second-order valence-corrected chi connectivity index (χ2v) is 6.60. The van der Waals surface area contributed by atoms with Gasteiger partial charge in [-0.15, -0.1) is 0 Å². The van der Waals surface area contributed by atoms with Gasteiger partial charge in [-0.1, -0.05) is 11.6 Å². The molecule has 0 fully saturated rings. The molecule has 0 radical (unpaired) electrons. The van der Waals surface area contributed by atoms with Crippen LogP contribution < -0.4 is 0 Å². The van der Waals surface area contributed by atoms with E-state index in [0.717, 1.165) is 19.3 Å². The molecule has 0 saturated heterocycles. The molecule has 3 nitrogen and oxygen atoms in total. The van der Waals surface area contributed by atoms with E-state index in [1.54, 1.807) is 0 Å². The first-order valence-corrected chi connectivity index (χ1v) is 8.31. The summed E-state index contributed by atoms with van der Waals surface area (Å²) in [6.45, 7) is 8.94. The van der Waals surface area contributed by atoms with Crippen LogP contribution in [0.3, 0.4) is 0 Å². The van der Waals surface area contributed by atoms with Crippen LogP contribution in [0.2, 0.25) is 0 Å². The Morgan fingerprint density at radius 1 is 1.41 bits per heavy atom. The third-order valence-electron chi connectivity index (χ3n) is 4.69. The van der Waals surface area contributed by atoms with Gasteiger partial charge in [0.1, 0.15) is 0 Å². The molecule has 1 heterocycles. The third kappa shape index (κ3) is 2.43. The zero-order valence-electron chi connectivity index (χ0n) is 14.0. The fourth-order valence-corrected chi connectivity index (χ4v) is 3.76. The van der Waals surface area contributed by atoms with Crippen molar-refractivity contribution in [3.63, 3.8) is 0 Å². The minimum Gasteiger partial charge on any atom is -0.466 e. The Bertz CT molecular complexity index is 712. The smallest absolute Gasteiger partial charge is 0.309 e. The van der Waals surface area contributed by atoms with Crippen LogP contribution in [0.25, 0.3) is 10.9 Å². The summed E-state index contributed by atoms with van der Waals surface area (Å²) in [6, 6.07) is 7.10. The number of esters is 1. The summed E-state index contributed by atoms with van der Waals surface area (Å²) in [5.41, 5.74) is 5.34. The van der Waals surface area contributed by atoms with Gasteiger partial charge in [-0.05, 0) is 64.7 Å². The Hall–Kier alpha value is -1.77. The Morgan fingerprint density at radius 3 is 2.86 bits per heavy atom. The molecule has 0 N–H and O–H groups in total. The van der Waals surface area contributed by atoms with Crippen molar-refractivity contribution in [2.45, 2.75) is 53.0 Å². The molecule has 1 aliphatic carbocycles. The summed E-state index contributed by atoms with van der Waals surface area (Å²) in [6.07, 6.45) is 2.67. The zero-order chi connectivity index (χ0) is 15.9. The molecule has 1 aromatic heterocycles. The van der Waals surface area contributed by atoms with E-state index in [-0.39, 0.29) is 11.9 Å². The lowest BCUT2D eigenvalue weighted by atomic mass is 9.86. The fraction of sp³-hybridized carbons (Fsp3) is 0.526. The van der Waals surface area contributed by atoms with Gasteiger partial charge in [0, 0.05) is 22.6 Å². The van der Waals surface area contributed by atoms with Crippen LogP contribution in [0.4, 0.5) is 0 Å². The van der Waals surface area contributed by atoms with E-state index >= 15 is 0 Å². The van der Waals surface area contributed by atoms with Crippen molar-refractivity contribution < 1.29 is 9.53 Å². The molecule has 0 saturated carbocycles. The van der Waals surface area contributed by atoms with Crippen LogP contribution in [0.15, 0.2) is 18.2 Å². The molecule has 118 valence electrons. The van der Waals surface area contributed by atoms with Crippen molar-refractivity contribution in [3.8, 4) is 0 Å². The van der Waals surface area contributed by atoms with Gasteiger partial charge >= 0.3 is 5.97 Å². The maximum Gasteiger partial charge on any atom is 0.309 e. The topological polar surface area (TPSA) is 31.2 Å². The van der Waals surface area contributed by atoms with Crippen LogP contribution in [-0.4, -0.2) is 17.1 Å². The monoisotopic (exact) mass is 299 g/mol. The summed E-state index contributed by atoms with van der Waals surface area (Å²) in [7, 11) is 0. The van der Waals surface area contributed by atoms with E-state index in [2.05, 4.69) is 43.5 Å². The minimum absolute atomic E-state index is 0.0131. The maximum absolute atomic E-state index is 12.1. The highest BCUT2D eigenvalue weighted by Gasteiger charge is 2.30. The first kappa shape index (κ1) is 15.1. The molecule has 0 bridgehead atoms. The van der Waals surface area contributed by atoms with E-state index in [0.29, 0.717) is 12.6 Å². The van der Waals surface area contributed by atoms with Gasteiger partial charge in [0.2, 0.25) is 0 Å². The Labute approximate surface area is 132 Å². The number of nitrogens with zero attached hydrogens (tertiary/aromatic N) is 1. The molecule has 0 spiro atoms. The lowest BCUT2D eigenvalue weighted by Gasteiger charge is -2.23. The number of ether oxygens (including phenoxy) is 1. The van der Waals surface area contributed by atoms with Crippen molar-refractivity contribution in [2.24, 2.45) is 5.92 Å². The number of hydrogen-bond acceptors (Lipinski definition) is 2. The highest BCUT2D eigenvalue weighted by molar-refractivity contribution is 5.87. The van der Waals surface area contributed by atoms with Gasteiger partial charge in [-0.2, -0.15) is 0 Å². The van der Waals surface area contributed by atoms with Crippen molar-refractivity contribution in [1.29, 1.82) is 0 Å². The summed E-state index contributed by atoms with van der Waals surface area (Å²) >= 11 is 0. The highest BCUT2D eigenvalue weighted by atomic mass is 16.5. The minimum atomic E-state index is -0.0359. The number of carbonyl (C=O) groups is 1. The summed E-state index contributed by atoms with van der Waals surface area (Å²) < 4.78 is 7.69. The van der Waals surface area contributed by atoms with Gasteiger partial charge in [0.25, 0.3) is 0 Å². The molecule has 22 heavy (non-hydrogen) atoms. The SMILES string of the molecule is CCOC(=O)C1CCc2c(c3cc(C)ccc3n2C(C)C)C1. The molecule has 1 aliphatic rings. The van der Waals surface area contributed by atoms with Gasteiger partial charge in [0.05, 0.1) is 12.5 Å². The lowest BCUT2D eigenvalue weighted by molar-refractivity contribution is -0.148. The Kier molecular flexibility index (Phi) is 3.98. The van der Waals surface area contributed by atoms with Crippen LogP contribution in [-0.2, 0) is 22.4 Å². The number of benzene rings is 1. The van der Waals surface area contributed by atoms with Crippen molar-refractivity contribution >= 4 is 16.9 Å². The normalized spacial score (nSPS) is 17.8. The molecule has 3 heteroatoms. The van der Waals surface area contributed by atoms with E-state index in [9.17, 15) is 4.79 Å². The zero-order valence-corrected chi connectivity index (χ0v) is 14.0. The van der Waals surface area contributed by atoms with Gasteiger partial charge in [0.15, 0.2) is 0 Å². The number of aromatic nitrogens is 1. The van der Waals surface area contributed by atoms with Crippen LogP contribution >= 0.6 is 0 Å². The highest BCUT2D eigenvalue weighted by Crippen LogP contribution is 2.37. The number of carbonyl (C=O) groups excluding carboxylic acids is 1. The number of aryl methyl sites for hydroxylation is 1. The summed E-state index contributed by atoms with van der Waals surface area (Å²) in [4.78, 5) is 12.1. The van der Waals surface area contributed by atoms with Crippen LogP contribution in [0.5, 0.6) is 0 Å². The van der Waals surface area contributed by atoms with Crippen LogP contribution in [0, 0.1) is 12.8 Å². The number of rotatable bonds is 3. The standard InChI is InChI=1S/C19H25NO2/c1-5-22-19(21)14-7-9-18-16(11-14)15-10-13(4)6-8-17(15)20(18)12(2)3/h6,8,10,12,14H,5,7,9,11H2,1-4H3. The largest absolute Gasteiger partial charge is 0.466 e. The molecule has 0 amide bonds. The molecule has 2 aromatic rings. The average Bonchev–Trinajstić information content (AvgIpc) is 2.80. The Balaban J connectivity index is 2.10. The van der Waals surface area contributed by atoms with E-state index < -0.39 is 0 Å². The van der Waals surface area contributed by atoms with Crippen molar-refractivity contribution in [1.82, 2.24) is 4.57 Å². The first-order valence-electron chi connectivity index (χ1n) is 8.31. The average molecular weight is 299 g/mol. The number of hydrogen-bond donors (Lipinski definition) is 0. The van der Waals surface area contributed by atoms with E-state index in [4.69, 9.17) is 4.74 Å². The van der Waals surface area contributed by atoms with Gasteiger partial charge < -0.3 is 9.30 Å². The molecule has 1 unspecified atom stereocenters. The van der Waals surface area contributed by atoms with Crippen molar-refractivity contribution in [2.75, 3.05) is 6.61 Å². The third-order valence-corrected chi connectivity index (χ3v) is 4.69. The first-order chi connectivity index (χ1) is 10.5. The Morgan fingerprint density at radius 2 is 2.18 bits per heavy atom. The molecule has 3 rings (SSSR count). The molecule has 0 aliphatic heterocycles. The predicted octanol–water partition coefficient (Wildman–Crippen LogP) is 4.20. The second kappa shape index (κ2) is 5.79.